The first-order valence-corrected chi connectivity index (χ1v) is 8.93. The number of Topliss-reactive ketones (excluding diaryl/α,β-unsaturated/α-hetero) is 1. The predicted molar refractivity (Wildman–Crippen MR) is 97.1 cm³/mol. The Bertz CT molecular complexity index is 1070. The maximum atomic E-state index is 13.1. The number of urea groups is 1. The van der Waals surface area contributed by atoms with E-state index in [9.17, 15) is 14.4 Å². The molecule has 0 aliphatic carbocycles. The first kappa shape index (κ1) is 17.4. The second-order valence-electron chi connectivity index (χ2n) is 7.01. The van der Waals surface area contributed by atoms with Gasteiger partial charge >= 0.3 is 6.03 Å². The van der Waals surface area contributed by atoms with Gasteiger partial charge in [0, 0.05) is 5.56 Å². The number of nitrogens with zero attached hydrogens (tertiary/aromatic N) is 1. The van der Waals surface area contributed by atoms with Crippen molar-refractivity contribution in [2.75, 3.05) is 20.1 Å². The van der Waals surface area contributed by atoms with Crippen LogP contribution in [-0.2, 0) is 10.3 Å². The summed E-state index contributed by atoms with van der Waals surface area (Å²) < 4.78 is 21.1. The Labute approximate surface area is 165 Å². The molecule has 1 fully saturated rings. The number of hydrogen-bond donors (Lipinski definition) is 1. The van der Waals surface area contributed by atoms with Crippen molar-refractivity contribution >= 4 is 17.7 Å². The van der Waals surface area contributed by atoms with Crippen LogP contribution < -0.4 is 24.3 Å². The molecule has 3 aliphatic heterocycles. The summed E-state index contributed by atoms with van der Waals surface area (Å²) in [7, 11) is 0. The summed E-state index contributed by atoms with van der Waals surface area (Å²) in [6.45, 7) is 1.40. The summed E-state index contributed by atoms with van der Waals surface area (Å²) in [5.74, 6) is 1.17. The molecule has 0 saturated carbocycles. The predicted octanol–water partition coefficient (Wildman–Crippen LogP) is 1.79. The van der Waals surface area contributed by atoms with Gasteiger partial charge in [-0.15, -0.1) is 0 Å². The molecule has 29 heavy (non-hydrogen) atoms. The molecule has 2 aromatic rings. The van der Waals surface area contributed by atoms with E-state index in [0.29, 0.717) is 34.1 Å². The molecule has 148 valence electrons. The second kappa shape index (κ2) is 6.13. The lowest BCUT2D eigenvalue weighted by Crippen LogP contribution is -2.41. The highest BCUT2D eigenvalue weighted by Crippen LogP contribution is 2.38. The second-order valence-corrected chi connectivity index (χ2v) is 7.01. The monoisotopic (exact) mass is 396 g/mol. The van der Waals surface area contributed by atoms with Crippen LogP contribution in [0.2, 0.25) is 0 Å². The minimum atomic E-state index is -1.31. The zero-order chi connectivity index (χ0) is 20.2. The SMILES string of the molecule is C[C@]1(c2ccc3c(c2)OCO3)NC(=O)N(CC(=O)c2ccc3c(c2)OCO3)C1=O. The van der Waals surface area contributed by atoms with Crippen LogP contribution >= 0.6 is 0 Å². The molecule has 3 amide bonds. The van der Waals surface area contributed by atoms with Crippen LogP contribution in [0.4, 0.5) is 4.79 Å². The number of rotatable bonds is 4. The van der Waals surface area contributed by atoms with E-state index in [0.717, 1.165) is 4.90 Å². The van der Waals surface area contributed by atoms with Crippen molar-refractivity contribution in [3.05, 3.63) is 47.5 Å². The first-order chi connectivity index (χ1) is 14.0. The number of carbonyl (C=O) groups is 3. The summed E-state index contributed by atoms with van der Waals surface area (Å²) in [6.07, 6.45) is 0. The summed E-state index contributed by atoms with van der Waals surface area (Å²) in [5, 5.41) is 2.68. The molecule has 3 aliphatic rings. The van der Waals surface area contributed by atoms with Gasteiger partial charge < -0.3 is 24.3 Å². The molecule has 9 nitrogen and oxygen atoms in total. The van der Waals surface area contributed by atoms with Gasteiger partial charge in [-0.1, -0.05) is 6.07 Å². The van der Waals surface area contributed by atoms with Crippen molar-refractivity contribution < 1.29 is 33.3 Å². The van der Waals surface area contributed by atoms with Crippen LogP contribution in [0.1, 0.15) is 22.8 Å². The standard InChI is InChI=1S/C20H16N2O7/c1-20(12-3-5-15-17(7-12)29-10-27-15)18(24)22(19(25)21-20)8-13(23)11-2-4-14-16(6-11)28-9-26-14/h2-7H,8-10H2,1H3,(H,21,25)/t20-/m1/s1. The topological polar surface area (TPSA) is 103 Å². The van der Waals surface area contributed by atoms with Gasteiger partial charge in [-0.25, -0.2) is 4.79 Å². The van der Waals surface area contributed by atoms with Gasteiger partial charge in [-0.05, 0) is 42.8 Å². The fourth-order valence-corrected chi connectivity index (χ4v) is 3.55. The van der Waals surface area contributed by atoms with Crippen LogP contribution in [0.5, 0.6) is 23.0 Å². The van der Waals surface area contributed by atoms with Gasteiger partial charge in [0.25, 0.3) is 5.91 Å². The Balaban J connectivity index is 1.38. The Kier molecular flexibility index (Phi) is 3.67. The number of hydrogen-bond acceptors (Lipinski definition) is 7. The number of imide groups is 1. The van der Waals surface area contributed by atoms with Gasteiger partial charge in [0.15, 0.2) is 28.8 Å². The molecule has 0 spiro atoms. The molecule has 0 radical (unpaired) electrons. The Morgan fingerprint density at radius 3 is 2.31 bits per heavy atom. The molecule has 0 unspecified atom stereocenters. The number of nitrogens with one attached hydrogen (secondary N) is 1. The fraction of sp³-hybridized carbons (Fsp3) is 0.250. The minimum Gasteiger partial charge on any atom is -0.454 e. The number of amides is 3. The molecule has 1 atom stereocenters. The van der Waals surface area contributed by atoms with Crippen molar-refractivity contribution in [1.82, 2.24) is 10.2 Å². The molecule has 5 rings (SSSR count). The third kappa shape index (κ3) is 2.65. The van der Waals surface area contributed by atoms with E-state index in [-0.39, 0.29) is 25.9 Å². The van der Waals surface area contributed by atoms with E-state index >= 15 is 0 Å². The largest absolute Gasteiger partial charge is 0.454 e. The van der Waals surface area contributed by atoms with Crippen molar-refractivity contribution in [3.63, 3.8) is 0 Å². The summed E-state index contributed by atoms with van der Waals surface area (Å²) in [6, 6.07) is 9.13. The lowest BCUT2D eigenvalue weighted by molar-refractivity contribution is -0.130. The van der Waals surface area contributed by atoms with Crippen LogP contribution in [0.3, 0.4) is 0 Å². The molecule has 1 saturated heterocycles. The third-order valence-corrected chi connectivity index (χ3v) is 5.22. The Morgan fingerprint density at radius 2 is 1.59 bits per heavy atom. The number of fused-ring (bicyclic) bond motifs is 2. The maximum absolute atomic E-state index is 13.1. The Hall–Kier alpha value is -3.75. The quantitative estimate of drug-likeness (QED) is 0.621. The van der Waals surface area contributed by atoms with Crippen molar-refractivity contribution in [2.24, 2.45) is 0 Å². The van der Waals surface area contributed by atoms with Gasteiger partial charge in [-0.3, -0.25) is 14.5 Å². The highest BCUT2D eigenvalue weighted by Gasteiger charge is 2.50. The number of benzene rings is 2. The van der Waals surface area contributed by atoms with Crippen LogP contribution in [-0.4, -0.2) is 42.8 Å². The highest BCUT2D eigenvalue weighted by atomic mass is 16.7. The summed E-state index contributed by atoms with van der Waals surface area (Å²) >= 11 is 0. The molecule has 0 aromatic heterocycles. The van der Waals surface area contributed by atoms with Crippen LogP contribution in [0.25, 0.3) is 0 Å². The smallest absolute Gasteiger partial charge is 0.325 e. The summed E-state index contributed by atoms with van der Waals surface area (Å²) in [5.41, 5.74) is -0.447. The average molecular weight is 396 g/mol. The molecular weight excluding hydrogens is 380 g/mol. The number of ether oxygens (including phenoxy) is 4. The lowest BCUT2D eigenvalue weighted by atomic mass is 9.91. The van der Waals surface area contributed by atoms with Gasteiger partial charge in [0.1, 0.15) is 5.54 Å². The first-order valence-electron chi connectivity index (χ1n) is 8.93. The zero-order valence-electron chi connectivity index (χ0n) is 15.4. The van der Waals surface area contributed by atoms with E-state index in [2.05, 4.69) is 5.32 Å². The van der Waals surface area contributed by atoms with Gasteiger partial charge in [-0.2, -0.15) is 0 Å². The van der Waals surface area contributed by atoms with Crippen molar-refractivity contribution in [2.45, 2.75) is 12.5 Å². The Morgan fingerprint density at radius 1 is 0.966 bits per heavy atom. The lowest BCUT2D eigenvalue weighted by Gasteiger charge is -2.22. The van der Waals surface area contributed by atoms with Crippen molar-refractivity contribution in [1.29, 1.82) is 0 Å². The van der Waals surface area contributed by atoms with Crippen molar-refractivity contribution in [3.8, 4) is 23.0 Å². The van der Waals surface area contributed by atoms with Gasteiger partial charge in [0.2, 0.25) is 13.6 Å². The highest BCUT2D eigenvalue weighted by molar-refractivity contribution is 6.11. The van der Waals surface area contributed by atoms with E-state index in [4.69, 9.17) is 18.9 Å². The van der Waals surface area contributed by atoms with E-state index < -0.39 is 17.5 Å². The minimum absolute atomic E-state index is 0.0912. The number of carbonyl (C=O) groups excluding carboxylic acids is 3. The zero-order valence-corrected chi connectivity index (χ0v) is 15.4. The molecule has 3 heterocycles. The molecule has 1 N–H and O–H groups in total. The fourth-order valence-electron chi connectivity index (χ4n) is 3.55. The van der Waals surface area contributed by atoms with E-state index in [1.54, 1.807) is 43.3 Å². The molecule has 0 bridgehead atoms. The van der Waals surface area contributed by atoms with E-state index in [1.807, 2.05) is 0 Å². The average Bonchev–Trinajstić information content (AvgIpc) is 3.42. The van der Waals surface area contributed by atoms with E-state index in [1.165, 1.54) is 0 Å². The summed E-state index contributed by atoms with van der Waals surface area (Å²) in [4.78, 5) is 39.2. The molecule has 9 heteroatoms. The van der Waals surface area contributed by atoms with Crippen LogP contribution in [0.15, 0.2) is 36.4 Å². The van der Waals surface area contributed by atoms with Crippen LogP contribution in [0, 0.1) is 0 Å². The normalized spacial score (nSPS) is 21.5. The molecule has 2 aromatic carbocycles. The van der Waals surface area contributed by atoms with Gasteiger partial charge in [0.05, 0.1) is 6.54 Å². The maximum Gasteiger partial charge on any atom is 0.325 e. The third-order valence-electron chi connectivity index (χ3n) is 5.22. The number of ketones is 1. The molecular formula is C20H16N2O7.